The van der Waals surface area contributed by atoms with Crippen molar-refractivity contribution in [1.29, 1.82) is 0 Å². The van der Waals surface area contributed by atoms with Crippen LogP contribution in [0.5, 0.6) is 11.5 Å². The number of fused-ring (bicyclic) bond motifs is 1. The summed E-state index contributed by atoms with van der Waals surface area (Å²) in [5, 5.41) is 7.71. The Morgan fingerprint density at radius 1 is 1.17 bits per heavy atom. The summed E-state index contributed by atoms with van der Waals surface area (Å²) >= 11 is 1.31. The lowest BCUT2D eigenvalue weighted by Gasteiger charge is -2.26. The van der Waals surface area contributed by atoms with E-state index < -0.39 is 11.9 Å². The molecule has 0 fully saturated rings. The van der Waals surface area contributed by atoms with Crippen LogP contribution in [0, 0.1) is 5.82 Å². The van der Waals surface area contributed by atoms with E-state index in [1.807, 2.05) is 17.5 Å². The van der Waals surface area contributed by atoms with Crippen molar-refractivity contribution in [2.24, 2.45) is 5.10 Å². The van der Waals surface area contributed by atoms with Gasteiger partial charge in [0, 0.05) is 25.6 Å². The van der Waals surface area contributed by atoms with Gasteiger partial charge in [0.1, 0.15) is 12.4 Å². The molecule has 186 valence electrons. The Hall–Kier alpha value is -3.76. The van der Waals surface area contributed by atoms with Crippen molar-refractivity contribution in [3.8, 4) is 11.5 Å². The summed E-state index contributed by atoms with van der Waals surface area (Å²) in [5.74, 6) is 0.146. The lowest BCUT2D eigenvalue weighted by molar-refractivity contribution is -0.133. The zero-order valence-electron chi connectivity index (χ0n) is 19.6. The summed E-state index contributed by atoms with van der Waals surface area (Å²) in [7, 11) is 1.54. The van der Waals surface area contributed by atoms with E-state index in [-0.39, 0.29) is 38.3 Å². The molecule has 1 atom stereocenters. The van der Waals surface area contributed by atoms with E-state index in [9.17, 15) is 14.0 Å². The van der Waals surface area contributed by atoms with Crippen molar-refractivity contribution in [3.05, 3.63) is 81.8 Å². The fraction of sp³-hybridized carbons (Fsp3) is 0.269. The van der Waals surface area contributed by atoms with Gasteiger partial charge in [-0.25, -0.2) is 9.40 Å². The zero-order valence-corrected chi connectivity index (χ0v) is 20.4. The van der Waals surface area contributed by atoms with Gasteiger partial charge in [0.05, 0.1) is 23.2 Å². The first-order valence-electron chi connectivity index (χ1n) is 11.4. The number of methoxy groups -OCH3 is 1. The van der Waals surface area contributed by atoms with Gasteiger partial charge in [0.25, 0.3) is 11.8 Å². The molecular weight excluding hydrogens is 485 g/mol. The highest BCUT2D eigenvalue weighted by Gasteiger charge is 2.36. The first-order chi connectivity index (χ1) is 17.5. The smallest absolute Gasteiger partial charge is 0.264 e. The molecule has 1 aromatic heterocycles. The summed E-state index contributed by atoms with van der Waals surface area (Å²) in [6.07, 6.45) is 0.309. The molecule has 3 aromatic rings. The number of halogens is 1. The lowest BCUT2D eigenvalue weighted by atomic mass is 9.97. The molecule has 2 aromatic carbocycles. The normalized spacial score (nSPS) is 16.2. The maximum Gasteiger partial charge on any atom is 0.264 e. The number of rotatable bonds is 8. The van der Waals surface area contributed by atoms with Crippen LogP contribution in [0.25, 0.3) is 0 Å². The number of carbonyl (C=O) groups excluding carboxylic acids is 2. The molecule has 2 aliphatic rings. The second-order valence-corrected chi connectivity index (χ2v) is 9.24. The molecule has 0 aliphatic carbocycles. The van der Waals surface area contributed by atoms with Crippen LogP contribution in [-0.4, -0.2) is 61.0 Å². The number of ether oxygens (including phenoxy) is 3. The summed E-state index contributed by atoms with van der Waals surface area (Å²) in [6, 6.07) is 14.8. The average molecular weight is 510 g/mol. The van der Waals surface area contributed by atoms with E-state index in [4.69, 9.17) is 14.2 Å². The van der Waals surface area contributed by atoms with Crippen LogP contribution in [-0.2, 0) is 9.53 Å². The van der Waals surface area contributed by atoms with Gasteiger partial charge in [-0.05, 0) is 35.2 Å². The quantitative estimate of drug-likeness (QED) is 0.457. The van der Waals surface area contributed by atoms with Gasteiger partial charge in [-0.3, -0.25) is 9.59 Å². The van der Waals surface area contributed by atoms with E-state index in [1.165, 1.54) is 34.4 Å². The highest BCUT2D eigenvalue weighted by atomic mass is 32.1. The van der Waals surface area contributed by atoms with Crippen molar-refractivity contribution in [3.63, 3.8) is 0 Å². The van der Waals surface area contributed by atoms with Gasteiger partial charge in [0.15, 0.2) is 11.5 Å². The van der Waals surface area contributed by atoms with Gasteiger partial charge in [-0.15, -0.1) is 11.3 Å². The van der Waals surface area contributed by atoms with Crippen LogP contribution in [0.3, 0.4) is 0 Å². The number of thiophene rings is 1. The largest absolute Gasteiger partial charge is 0.454 e. The number of benzene rings is 2. The SMILES string of the molecule is COCCN(CC(=O)N1N=C(c2ccccc2F)C[C@@H]1c1ccc2c(c1)OCO2)C(=O)c1cccs1. The maximum absolute atomic E-state index is 14.6. The van der Waals surface area contributed by atoms with Crippen LogP contribution in [0.1, 0.15) is 33.3 Å². The highest BCUT2D eigenvalue weighted by Crippen LogP contribution is 2.39. The van der Waals surface area contributed by atoms with E-state index in [0.717, 1.165) is 5.56 Å². The summed E-state index contributed by atoms with van der Waals surface area (Å²) in [5.41, 5.74) is 1.57. The molecular formula is C26H24FN3O5S. The lowest BCUT2D eigenvalue weighted by Crippen LogP contribution is -2.42. The van der Waals surface area contributed by atoms with Gasteiger partial charge in [-0.1, -0.05) is 30.3 Å². The number of hydrogen-bond acceptors (Lipinski definition) is 7. The molecule has 5 rings (SSSR count). The topological polar surface area (TPSA) is 80.7 Å². The zero-order chi connectivity index (χ0) is 25.1. The molecule has 36 heavy (non-hydrogen) atoms. The number of nitrogens with zero attached hydrogens (tertiary/aromatic N) is 3. The third-order valence-electron chi connectivity index (χ3n) is 6.04. The predicted molar refractivity (Wildman–Crippen MR) is 132 cm³/mol. The molecule has 0 bridgehead atoms. The molecule has 0 spiro atoms. The van der Waals surface area contributed by atoms with E-state index in [2.05, 4.69) is 5.10 Å². The van der Waals surface area contributed by atoms with Gasteiger partial charge in [-0.2, -0.15) is 5.10 Å². The summed E-state index contributed by atoms with van der Waals surface area (Å²) < 4.78 is 30.7. The Kier molecular flexibility index (Phi) is 6.97. The summed E-state index contributed by atoms with van der Waals surface area (Å²) in [4.78, 5) is 28.7. The van der Waals surface area contributed by atoms with Crippen molar-refractivity contribution >= 4 is 28.9 Å². The monoisotopic (exact) mass is 509 g/mol. The van der Waals surface area contributed by atoms with Crippen molar-refractivity contribution in [2.75, 3.05) is 33.6 Å². The third-order valence-corrected chi connectivity index (χ3v) is 6.90. The molecule has 2 aliphatic heterocycles. The predicted octanol–water partition coefficient (Wildman–Crippen LogP) is 4.08. The Bertz CT molecular complexity index is 1300. The Balaban J connectivity index is 1.45. The molecule has 3 heterocycles. The minimum atomic E-state index is -0.497. The number of amides is 2. The maximum atomic E-state index is 14.6. The number of carbonyl (C=O) groups is 2. The number of hydrogen-bond donors (Lipinski definition) is 0. The molecule has 10 heteroatoms. The molecule has 0 N–H and O–H groups in total. The highest BCUT2D eigenvalue weighted by molar-refractivity contribution is 7.12. The molecule has 0 unspecified atom stereocenters. The fourth-order valence-electron chi connectivity index (χ4n) is 4.22. The molecule has 0 saturated carbocycles. The average Bonchev–Trinajstić information content (AvgIpc) is 3.66. The van der Waals surface area contributed by atoms with Crippen LogP contribution < -0.4 is 9.47 Å². The molecule has 0 radical (unpaired) electrons. The Morgan fingerprint density at radius 3 is 2.78 bits per heavy atom. The molecule has 0 saturated heterocycles. The minimum absolute atomic E-state index is 0.127. The van der Waals surface area contributed by atoms with Gasteiger partial charge >= 0.3 is 0 Å². The minimum Gasteiger partial charge on any atom is -0.454 e. The van der Waals surface area contributed by atoms with Gasteiger partial charge in [0.2, 0.25) is 6.79 Å². The first-order valence-corrected chi connectivity index (χ1v) is 12.3. The molecule has 8 nitrogen and oxygen atoms in total. The van der Waals surface area contributed by atoms with Crippen molar-refractivity contribution in [2.45, 2.75) is 12.5 Å². The molecule has 2 amide bonds. The number of hydrazone groups is 1. The van der Waals surface area contributed by atoms with Crippen molar-refractivity contribution in [1.82, 2.24) is 9.91 Å². The van der Waals surface area contributed by atoms with Crippen LogP contribution in [0.2, 0.25) is 0 Å². The Morgan fingerprint density at radius 2 is 2.00 bits per heavy atom. The standard InChI is InChI=1S/C26H24FN3O5S/c1-33-11-10-29(26(32)24-7-4-12-36-24)15-25(31)30-21(17-8-9-22-23(13-17)35-16-34-22)14-20(28-30)18-5-2-3-6-19(18)27/h2-9,12-13,21H,10-11,14-16H2,1H3/t21-/m1/s1. The second kappa shape index (κ2) is 10.5. The Labute approximate surface area is 211 Å². The summed E-state index contributed by atoms with van der Waals surface area (Å²) in [6.45, 7) is 0.447. The van der Waals surface area contributed by atoms with Crippen LogP contribution in [0.4, 0.5) is 4.39 Å². The third kappa shape index (κ3) is 4.82. The van der Waals surface area contributed by atoms with Crippen LogP contribution in [0.15, 0.2) is 65.1 Å². The van der Waals surface area contributed by atoms with Crippen LogP contribution >= 0.6 is 11.3 Å². The second-order valence-electron chi connectivity index (χ2n) is 8.29. The fourth-order valence-corrected chi connectivity index (χ4v) is 4.91. The van der Waals surface area contributed by atoms with Gasteiger partial charge < -0.3 is 19.1 Å². The van der Waals surface area contributed by atoms with Crippen molar-refractivity contribution < 1.29 is 28.2 Å². The van der Waals surface area contributed by atoms with E-state index >= 15 is 0 Å². The first kappa shape index (κ1) is 24.0. The van der Waals surface area contributed by atoms with E-state index in [1.54, 1.807) is 36.4 Å². The van der Waals surface area contributed by atoms with E-state index in [0.29, 0.717) is 34.1 Å².